The largest absolute Gasteiger partial charge is 1.00 e. The van der Waals surface area contributed by atoms with Crippen LogP contribution in [-0.2, 0) is 11.3 Å². The number of hydrogen-bond acceptors (Lipinski definition) is 3. The first-order valence-electron chi connectivity index (χ1n) is 4.39. The summed E-state index contributed by atoms with van der Waals surface area (Å²) < 4.78 is 3.99. The van der Waals surface area contributed by atoms with E-state index in [2.05, 4.69) is 0 Å². The van der Waals surface area contributed by atoms with Gasteiger partial charge in [0.2, 0.25) is 12.1 Å². The van der Waals surface area contributed by atoms with Crippen molar-refractivity contribution >= 4 is 39.3 Å². The lowest BCUT2D eigenvalue weighted by Gasteiger charge is -1.92. The van der Waals surface area contributed by atoms with Gasteiger partial charge in [0.15, 0.2) is 0 Å². The first-order valence-corrected chi connectivity index (χ1v) is 6.43. The van der Waals surface area contributed by atoms with Gasteiger partial charge in [-0.15, -0.1) is 0 Å². The SMILES string of the molecule is CSc1sc2ccccc2[n+]1CC(=O)O.[Br-]. The number of nitrogens with zero attached hydrogens (tertiary/aromatic N) is 1. The fourth-order valence-corrected chi connectivity index (χ4v) is 3.33. The van der Waals surface area contributed by atoms with Crippen molar-refractivity contribution in [2.45, 2.75) is 10.9 Å². The standard InChI is InChI=1S/C10H9NO2S2.BrH/c1-14-10-11(6-9(12)13)7-4-2-3-5-8(7)15-10;/h2-5H,6H2,1H3;1H. The van der Waals surface area contributed by atoms with Crippen LogP contribution >= 0.6 is 23.1 Å². The summed E-state index contributed by atoms with van der Waals surface area (Å²) in [7, 11) is 0. The zero-order valence-electron chi connectivity index (χ0n) is 8.51. The number of fused-ring (bicyclic) bond motifs is 1. The number of para-hydroxylation sites is 1. The van der Waals surface area contributed by atoms with E-state index in [0.717, 1.165) is 14.6 Å². The Labute approximate surface area is 112 Å². The Bertz CT molecular complexity index is 512. The number of thioether (sulfide) groups is 1. The van der Waals surface area contributed by atoms with Crippen molar-refractivity contribution in [3.05, 3.63) is 24.3 Å². The molecule has 0 saturated carbocycles. The second-order valence-corrected chi connectivity index (χ2v) is 5.10. The van der Waals surface area contributed by atoms with Crippen LogP contribution in [0.2, 0.25) is 0 Å². The number of aliphatic carboxylic acids is 1. The van der Waals surface area contributed by atoms with Crippen molar-refractivity contribution in [2.24, 2.45) is 0 Å². The summed E-state index contributed by atoms with van der Waals surface area (Å²) in [6.07, 6.45) is 1.96. The number of benzene rings is 1. The van der Waals surface area contributed by atoms with Crippen molar-refractivity contribution in [1.82, 2.24) is 0 Å². The van der Waals surface area contributed by atoms with Gasteiger partial charge < -0.3 is 22.1 Å². The average Bonchev–Trinajstić information content (AvgIpc) is 2.56. The predicted molar refractivity (Wildman–Crippen MR) is 61.4 cm³/mol. The van der Waals surface area contributed by atoms with E-state index in [1.807, 2.05) is 35.1 Å². The molecule has 1 N–H and O–H groups in total. The summed E-state index contributed by atoms with van der Waals surface area (Å²) in [4.78, 5) is 10.8. The van der Waals surface area contributed by atoms with E-state index in [-0.39, 0.29) is 23.5 Å². The molecule has 0 aliphatic rings. The third kappa shape index (κ3) is 2.56. The maximum absolute atomic E-state index is 10.8. The summed E-state index contributed by atoms with van der Waals surface area (Å²) in [5.41, 5.74) is 0.995. The zero-order valence-corrected chi connectivity index (χ0v) is 11.7. The van der Waals surface area contributed by atoms with Crippen molar-refractivity contribution in [2.75, 3.05) is 6.26 Å². The van der Waals surface area contributed by atoms with Crippen LogP contribution in [0.15, 0.2) is 28.6 Å². The molecule has 1 aromatic carbocycles. The average molecular weight is 320 g/mol. The summed E-state index contributed by atoms with van der Waals surface area (Å²) in [6.45, 7) is 0.0280. The van der Waals surface area contributed by atoms with Gasteiger partial charge >= 0.3 is 5.97 Å². The van der Waals surface area contributed by atoms with Gasteiger partial charge in [0, 0.05) is 6.07 Å². The summed E-state index contributed by atoms with van der Waals surface area (Å²) in [5, 5.41) is 8.84. The number of thiazole rings is 1. The summed E-state index contributed by atoms with van der Waals surface area (Å²) >= 11 is 3.21. The molecule has 86 valence electrons. The molecule has 1 aromatic heterocycles. The van der Waals surface area contributed by atoms with E-state index in [9.17, 15) is 4.79 Å². The normalized spacial score (nSPS) is 10.1. The molecule has 0 unspecified atom stereocenters. The highest BCUT2D eigenvalue weighted by atomic mass is 79.9. The molecule has 0 aliphatic heterocycles. The quantitative estimate of drug-likeness (QED) is 0.583. The molecular formula is C10H10BrNO2S2. The number of aromatic nitrogens is 1. The van der Waals surface area contributed by atoms with Crippen molar-refractivity contribution in [3.8, 4) is 0 Å². The molecule has 0 bridgehead atoms. The first kappa shape index (κ1) is 13.5. The van der Waals surface area contributed by atoms with Crippen LogP contribution in [0.3, 0.4) is 0 Å². The van der Waals surface area contributed by atoms with Gasteiger partial charge in [0.25, 0.3) is 4.34 Å². The molecule has 0 aliphatic carbocycles. The second kappa shape index (κ2) is 5.65. The van der Waals surface area contributed by atoms with Crippen LogP contribution in [0.4, 0.5) is 0 Å². The van der Waals surface area contributed by atoms with Crippen LogP contribution in [0, 0.1) is 0 Å². The Balaban J connectivity index is 0.00000128. The number of hydrogen-bond donors (Lipinski definition) is 1. The molecule has 0 atom stereocenters. The highest BCUT2D eigenvalue weighted by Crippen LogP contribution is 2.25. The van der Waals surface area contributed by atoms with E-state index in [4.69, 9.17) is 5.11 Å². The Morgan fingerprint density at radius 2 is 2.19 bits per heavy atom. The van der Waals surface area contributed by atoms with E-state index in [1.54, 1.807) is 23.1 Å². The molecule has 1 heterocycles. The number of rotatable bonds is 3. The summed E-state index contributed by atoms with van der Waals surface area (Å²) in [6, 6.07) is 7.86. The van der Waals surface area contributed by atoms with Crippen LogP contribution in [-0.4, -0.2) is 17.3 Å². The van der Waals surface area contributed by atoms with E-state index >= 15 is 0 Å². The lowest BCUT2D eigenvalue weighted by molar-refractivity contribution is -0.690. The highest BCUT2D eigenvalue weighted by molar-refractivity contribution is 8.00. The van der Waals surface area contributed by atoms with Gasteiger partial charge in [-0.1, -0.05) is 23.5 Å². The van der Waals surface area contributed by atoms with Gasteiger partial charge in [-0.25, -0.2) is 4.79 Å². The minimum Gasteiger partial charge on any atom is -1.00 e. The fraction of sp³-hybridized carbons (Fsp3) is 0.200. The maximum atomic E-state index is 10.8. The van der Waals surface area contributed by atoms with Crippen LogP contribution in [0.5, 0.6) is 0 Å². The van der Waals surface area contributed by atoms with Crippen LogP contribution in [0.25, 0.3) is 10.2 Å². The third-order valence-electron chi connectivity index (χ3n) is 2.04. The molecule has 2 rings (SSSR count). The third-order valence-corrected chi connectivity index (χ3v) is 4.32. The second-order valence-electron chi connectivity index (χ2n) is 3.02. The molecule has 16 heavy (non-hydrogen) atoms. The van der Waals surface area contributed by atoms with Gasteiger partial charge in [0.1, 0.15) is 4.70 Å². The molecular weight excluding hydrogens is 310 g/mol. The first-order chi connectivity index (χ1) is 7.22. The number of carboxylic acids is 1. The lowest BCUT2D eigenvalue weighted by Crippen LogP contribution is -3.00. The van der Waals surface area contributed by atoms with Crippen molar-refractivity contribution < 1.29 is 31.4 Å². The Hall–Kier alpha value is -0.590. The Morgan fingerprint density at radius 3 is 2.81 bits per heavy atom. The number of carboxylic acid groups (broad SMARTS) is 1. The lowest BCUT2D eigenvalue weighted by atomic mass is 10.3. The van der Waals surface area contributed by atoms with E-state index in [0.29, 0.717) is 0 Å². The molecule has 6 heteroatoms. The molecule has 0 saturated heterocycles. The van der Waals surface area contributed by atoms with Gasteiger partial charge in [-0.3, -0.25) is 0 Å². The highest BCUT2D eigenvalue weighted by Gasteiger charge is 2.21. The minimum atomic E-state index is -0.807. The fourth-order valence-electron chi connectivity index (χ4n) is 1.45. The number of carbonyl (C=O) groups is 1. The predicted octanol–water partition coefficient (Wildman–Crippen LogP) is -1.00. The summed E-state index contributed by atoms with van der Waals surface area (Å²) in [5.74, 6) is -0.807. The molecule has 0 radical (unpaired) electrons. The molecule has 2 aromatic rings. The Kier molecular flexibility index (Phi) is 4.76. The molecule has 0 fully saturated rings. The maximum Gasteiger partial charge on any atom is 0.370 e. The van der Waals surface area contributed by atoms with E-state index in [1.165, 1.54) is 0 Å². The van der Waals surface area contributed by atoms with Gasteiger partial charge in [-0.2, -0.15) is 4.57 Å². The van der Waals surface area contributed by atoms with Crippen LogP contribution in [0.1, 0.15) is 0 Å². The monoisotopic (exact) mass is 319 g/mol. The molecule has 0 spiro atoms. The zero-order chi connectivity index (χ0) is 10.8. The van der Waals surface area contributed by atoms with Gasteiger partial charge in [0.05, 0.1) is 0 Å². The van der Waals surface area contributed by atoms with Crippen LogP contribution < -0.4 is 21.5 Å². The van der Waals surface area contributed by atoms with Crippen molar-refractivity contribution in [1.29, 1.82) is 0 Å². The minimum absolute atomic E-state index is 0. The number of halogens is 1. The van der Waals surface area contributed by atoms with Gasteiger partial charge in [-0.05, 0) is 24.1 Å². The smallest absolute Gasteiger partial charge is 0.370 e. The van der Waals surface area contributed by atoms with E-state index < -0.39 is 5.97 Å². The van der Waals surface area contributed by atoms with Crippen molar-refractivity contribution in [3.63, 3.8) is 0 Å². The Morgan fingerprint density at radius 1 is 1.50 bits per heavy atom. The molecule has 3 nitrogen and oxygen atoms in total. The topological polar surface area (TPSA) is 41.2 Å². The molecule has 0 amide bonds.